The Morgan fingerprint density at radius 2 is 1.87 bits per heavy atom. The SMILES string of the molecule is Cc1ccc(C(=O)CCCN2CCC3(CC2)C(=O)NCN3c2cccc(F)c2)cc1. The summed E-state index contributed by atoms with van der Waals surface area (Å²) in [7, 11) is 0. The molecule has 4 rings (SSSR count). The van der Waals surface area contributed by atoms with Crippen molar-refractivity contribution in [1.82, 2.24) is 10.2 Å². The maximum atomic E-state index is 13.7. The molecule has 2 fully saturated rings. The molecule has 0 aliphatic carbocycles. The Kier molecular flexibility index (Phi) is 5.86. The standard InChI is InChI=1S/C24H28FN3O2/c1-18-7-9-19(10-8-18)22(29)6-3-13-27-14-11-24(12-15-27)23(30)26-17-28(24)21-5-2-4-20(25)16-21/h2,4-5,7-10,16H,3,6,11-15,17H2,1H3,(H,26,30). The highest BCUT2D eigenvalue weighted by atomic mass is 19.1. The van der Waals surface area contributed by atoms with Gasteiger partial charge in [0.15, 0.2) is 5.78 Å². The minimum atomic E-state index is -0.609. The molecule has 1 spiro atoms. The van der Waals surface area contributed by atoms with Crippen molar-refractivity contribution in [1.29, 1.82) is 0 Å². The summed E-state index contributed by atoms with van der Waals surface area (Å²) in [5, 5.41) is 2.94. The third-order valence-electron chi connectivity index (χ3n) is 6.39. The van der Waals surface area contributed by atoms with Crippen LogP contribution in [0.15, 0.2) is 48.5 Å². The first-order valence-corrected chi connectivity index (χ1v) is 10.6. The Bertz CT molecular complexity index is 920. The predicted molar refractivity (Wildman–Crippen MR) is 115 cm³/mol. The lowest BCUT2D eigenvalue weighted by Gasteiger charge is -2.43. The van der Waals surface area contributed by atoms with Gasteiger partial charge in [-0.15, -0.1) is 0 Å². The summed E-state index contributed by atoms with van der Waals surface area (Å²) < 4.78 is 13.7. The average molecular weight is 410 g/mol. The maximum absolute atomic E-state index is 13.7. The number of Topliss-reactive ketones (excluding diaryl/α,β-unsaturated/α-hetero) is 1. The molecule has 1 amide bonds. The van der Waals surface area contributed by atoms with E-state index in [-0.39, 0.29) is 17.5 Å². The van der Waals surface area contributed by atoms with Crippen molar-refractivity contribution < 1.29 is 14.0 Å². The number of carbonyl (C=O) groups excluding carboxylic acids is 2. The van der Waals surface area contributed by atoms with E-state index in [1.807, 2.05) is 42.2 Å². The van der Waals surface area contributed by atoms with E-state index in [0.717, 1.165) is 42.9 Å². The first-order valence-electron chi connectivity index (χ1n) is 10.6. The Labute approximate surface area is 176 Å². The fourth-order valence-electron chi connectivity index (χ4n) is 4.56. The van der Waals surface area contributed by atoms with E-state index in [9.17, 15) is 14.0 Å². The van der Waals surface area contributed by atoms with Crippen LogP contribution in [-0.2, 0) is 4.79 Å². The van der Waals surface area contributed by atoms with Gasteiger partial charge in [0.2, 0.25) is 5.91 Å². The number of piperidine rings is 1. The number of anilines is 1. The second-order valence-electron chi connectivity index (χ2n) is 8.34. The van der Waals surface area contributed by atoms with Crippen LogP contribution in [-0.4, -0.2) is 48.4 Å². The van der Waals surface area contributed by atoms with Gasteiger partial charge in [0.25, 0.3) is 0 Å². The maximum Gasteiger partial charge on any atom is 0.247 e. The lowest BCUT2D eigenvalue weighted by Crippen LogP contribution is -2.56. The Morgan fingerprint density at radius 3 is 2.57 bits per heavy atom. The second kappa shape index (κ2) is 8.56. The number of hydrogen-bond donors (Lipinski definition) is 1. The van der Waals surface area contributed by atoms with Gasteiger partial charge in [0, 0.05) is 30.8 Å². The van der Waals surface area contributed by atoms with Crippen LogP contribution in [0.5, 0.6) is 0 Å². The van der Waals surface area contributed by atoms with E-state index < -0.39 is 5.54 Å². The largest absolute Gasteiger partial charge is 0.339 e. The minimum Gasteiger partial charge on any atom is -0.339 e. The Balaban J connectivity index is 1.32. The van der Waals surface area contributed by atoms with Crippen molar-refractivity contribution in [2.75, 3.05) is 31.2 Å². The molecule has 0 aromatic heterocycles. The topological polar surface area (TPSA) is 52.7 Å². The fraction of sp³-hybridized carbons (Fsp3) is 0.417. The van der Waals surface area contributed by atoms with Crippen LogP contribution in [0, 0.1) is 12.7 Å². The third kappa shape index (κ3) is 4.10. The van der Waals surface area contributed by atoms with Crippen LogP contribution in [0.3, 0.4) is 0 Å². The molecular formula is C24H28FN3O2. The van der Waals surface area contributed by atoms with Gasteiger partial charge in [-0.25, -0.2) is 4.39 Å². The lowest BCUT2D eigenvalue weighted by molar-refractivity contribution is -0.125. The molecule has 2 saturated heterocycles. The molecule has 0 radical (unpaired) electrons. The van der Waals surface area contributed by atoms with Gasteiger partial charge in [-0.1, -0.05) is 35.9 Å². The van der Waals surface area contributed by atoms with Crippen LogP contribution < -0.4 is 10.2 Å². The molecule has 2 heterocycles. The number of nitrogens with zero attached hydrogens (tertiary/aromatic N) is 2. The first kappa shape index (κ1) is 20.5. The molecule has 30 heavy (non-hydrogen) atoms. The zero-order valence-electron chi connectivity index (χ0n) is 17.4. The van der Waals surface area contributed by atoms with E-state index in [1.54, 1.807) is 6.07 Å². The number of halogens is 1. The van der Waals surface area contributed by atoms with Crippen molar-refractivity contribution in [2.45, 2.75) is 38.1 Å². The van der Waals surface area contributed by atoms with Gasteiger partial charge >= 0.3 is 0 Å². The molecule has 0 atom stereocenters. The Morgan fingerprint density at radius 1 is 1.13 bits per heavy atom. The molecule has 5 nitrogen and oxygen atoms in total. The van der Waals surface area contributed by atoms with Crippen LogP contribution in [0.4, 0.5) is 10.1 Å². The summed E-state index contributed by atoms with van der Waals surface area (Å²) in [5.41, 5.74) is 2.05. The van der Waals surface area contributed by atoms with Gasteiger partial charge in [-0.05, 0) is 50.9 Å². The van der Waals surface area contributed by atoms with Gasteiger partial charge in [0.05, 0.1) is 6.67 Å². The van der Waals surface area contributed by atoms with Crippen LogP contribution >= 0.6 is 0 Å². The number of amides is 1. The smallest absolute Gasteiger partial charge is 0.247 e. The molecule has 0 unspecified atom stereocenters. The number of benzene rings is 2. The summed E-state index contributed by atoms with van der Waals surface area (Å²) in [6.07, 6.45) is 2.72. The number of aryl methyl sites for hydroxylation is 1. The highest BCUT2D eigenvalue weighted by Gasteiger charge is 2.50. The summed E-state index contributed by atoms with van der Waals surface area (Å²) in [4.78, 5) is 29.4. The van der Waals surface area contributed by atoms with Crippen molar-refractivity contribution in [3.05, 3.63) is 65.5 Å². The molecule has 2 aromatic rings. The molecule has 0 bridgehead atoms. The molecule has 0 saturated carbocycles. The van der Waals surface area contributed by atoms with Crippen LogP contribution in [0.25, 0.3) is 0 Å². The van der Waals surface area contributed by atoms with Gasteiger partial charge < -0.3 is 15.1 Å². The quantitative estimate of drug-likeness (QED) is 0.742. The molecule has 1 N–H and O–H groups in total. The monoisotopic (exact) mass is 409 g/mol. The molecular weight excluding hydrogens is 381 g/mol. The van der Waals surface area contributed by atoms with E-state index in [0.29, 0.717) is 25.9 Å². The normalized spacial score (nSPS) is 18.6. The van der Waals surface area contributed by atoms with E-state index in [1.165, 1.54) is 12.1 Å². The van der Waals surface area contributed by atoms with Crippen LogP contribution in [0.2, 0.25) is 0 Å². The highest BCUT2D eigenvalue weighted by molar-refractivity contribution is 5.96. The molecule has 158 valence electrons. The highest BCUT2D eigenvalue weighted by Crippen LogP contribution is 2.36. The summed E-state index contributed by atoms with van der Waals surface area (Å²) in [5.74, 6) is -0.0884. The number of carbonyl (C=O) groups is 2. The molecule has 2 aliphatic heterocycles. The Hall–Kier alpha value is -2.73. The number of ketones is 1. The number of likely N-dealkylation sites (tertiary alicyclic amines) is 1. The summed E-state index contributed by atoms with van der Waals surface area (Å²) in [6, 6.07) is 14.2. The predicted octanol–water partition coefficient (Wildman–Crippen LogP) is 3.53. The van der Waals surface area contributed by atoms with Crippen molar-refractivity contribution in [3.63, 3.8) is 0 Å². The zero-order valence-corrected chi connectivity index (χ0v) is 17.4. The van der Waals surface area contributed by atoms with E-state index >= 15 is 0 Å². The fourth-order valence-corrected chi connectivity index (χ4v) is 4.56. The van der Waals surface area contributed by atoms with Gasteiger partial charge in [0.1, 0.15) is 11.4 Å². The van der Waals surface area contributed by atoms with E-state index in [4.69, 9.17) is 0 Å². The third-order valence-corrected chi connectivity index (χ3v) is 6.39. The first-order chi connectivity index (χ1) is 14.5. The number of nitrogens with one attached hydrogen (secondary N) is 1. The minimum absolute atomic E-state index is 0.0287. The van der Waals surface area contributed by atoms with E-state index in [2.05, 4.69) is 10.2 Å². The van der Waals surface area contributed by atoms with Gasteiger partial charge in [-0.2, -0.15) is 0 Å². The van der Waals surface area contributed by atoms with Crippen molar-refractivity contribution in [3.8, 4) is 0 Å². The summed E-state index contributed by atoms with van der Waals surface area (Å²) >= 11 is 0. The van der Waals surface area contributed by atoms with Gasteiger partial charge in [-0.3, -0.25) is 9.59 Å². The summed E-state index contributed by atoms with van der Waals surface area (Å²) in [6.45, 7) is 4.84. The number of rotatable bonds is 6. The number of hydrogen-bond acceptors (Lipinski definition) is 4. The molecule has 6 heteroatoms. The average Bonchev–Trinajstić information content (AvgIpc) is 3.05. The van der Waals surface area contributed by atoms with Crippen molar-refractivity contribution >= 4 is 17.4 Å². The molecule has 2 aliphatic rings. The van der Waals surface area contributed by atoms with Crippen LogP contribution in [0.1, 0.15) is 41.6 Å². The second-order valence-corrected chi connectivity index (χ2v) is 8.34. The zero-order chi connectivity index (χ0) is 21.1. The van der Waals surface area contributed by atoms with Crippen molar-refractivity contribution in [2.24, 2.45) is 0 Å². The lowest BCUT2D eigenvalue weighted by atomic mass is 9.85. The molecule has 2 aromatic carbocycles.